The summed E-state index contributed by atoms with van der Waals surface area (Å²) in [7, 11) is 1.71. The zero-order chi connectivity index (χ0) is 21.3. The highest BCUT2D eigenvalue weighted by Crippen LogP contribution is 2.26. The molecule has 1 fully saturated rings. The maximum Gasteiger partial charge on any atom is 0.255 e. The number of rotatable bonds is 4. The second-order valence-electron chi connectivity index (χ2n) is 7.90. The summed E-state index contributed by atoms with van der Waals surface area (Å²) in [5, 5.41) is 0. The Bertz CT molecular complexity index is 1140. The molecule has 0 radical (unpaired) electrons. The zero-order valence-electron chi connectivity index (χ0n) is 17.5. The molecule has 2 aromatic heterocycles. The third-order valence-corrected chi connectivity index (χ3v) is 5.68. The van der Waals surface area contributed by atoms with Crippen LogP contribution in [0, 0.1) is 19.8 Å². The first-order valence-corrected chi connectivity index (χ1v) is 10.1. The van der Waals surface area contributed by atoms with Crippen LogP contribution in [0.1, 0.15) is 34.3 Å². The largest absolute Gasteiger partial charge is 0.341 e. The molecule has 1 aliphatic rings. The van der Waals surface area contributed by atoms with Crippen molar-refractivity contribution in [2.75, 3.05) is 18.0 Å². The Balaban J connectivity index is 1.64. The average molecular weight is 403 g/mol. The Morgan fingerprint density at radius 2 is 1.97 bits per heavy atom. The van der Waals surface area contributed by atoms with Crippen molar-refractivity contribution >= 4 is 11.7 Å². The Labute approximate surface area is 175 Å². The minimum atomic E-state index is -0.156. The Morgan fingerprint density at radius 1 is 1.13 bits per heavy atom. The molecule has 0 amide bonds. The topological polar surface area (TPSA) is 81.0 Å². The van der Waals surface area contributed by atoms with Gasteiger partial charge in [0.15, 0.2) is 5.78 Å². The van der Waals surface area contributed by atoms with E-state index >= 15 is 0 Å². The van der Waals surface area contributed by atoms with Crippen LogP contribution in [0.25, 0.3) is 11.4 Å². The zero-order valence-corrected chi connectivity index (χ0v) is 17.5. The summed E-state index contributed by atoms with van der Waals surface area (Å²) in [4.78, 5) is 40.7. The highest BCUT2D eigenvalue weighted by Gasteiger charge is 2.29. The van der Waals surface area contributed by atoms with Gasteiger partial charge in [0.05, 0.1) is 11.4 Å². The number of nitrogens with zero attached hydrogens (tertiary/aromatic N) is 5. The Morgan fingerprint density at radius 3 is 2.70 bits per heavy atom. The van der Waals surface area contributed by atoms with Gasteiger partial charge in [-0.15, -0.1) is 0 Å². The molecule has 1 aliphatic heterocycles. The number of benzene rings is 1. The van der Waals surface area contributed by atoms with Gasteiger partial charge in [-0.1, -0.05) is 23.8 Å². The van der Waals surface area contributed by atoms with E-state index in [0.717, 1.165) is 36.1 Å². The minimum Gasteiger partial charge on any atom is -0.341 e. The molecule has 3 aromatic rings. The van der Waals surface area contributed by atoms with Crippen LogP contribution in [0.15, 0.2) is 47.7 Å². The predicted molar refractivity (Wildman–Crippen MR) is 116 cm³/mol. The monoisotopic (exact) mass is 403 g/mol. The fourth-order valence-electron chi connectivity index (χ4n) is 4.07. The van der Waals surface area contributed by atoms with Crippen molar-refractivity contribution in [3.63, 3.8) is 0 Å². The van der Waals surface area contributed by atoms with Gasteiger partial charge in [0, 0.05) is 43.9 Å². The van der Waals surface area contributed by atoms with Crippen LogP contribution in [0.5, 0.6) is 0 Å². The van der Waals surface area contributed by atoms with Gasteiger partial charge >= 0.3 is 0 Å². The van der Waals surface area contributed by atoms with Crippen LogP contribution in [0.4, 0.5) is 5.95 Å². The Hall–Kier alpha value is -3.35. The van der Waals surface area contributed by atoms with Crippen LogP contribution in [0.3, 0.4) is 0 Å². The van der Waals surface area contributed by atoms with Crippen LogP contribution >= 0.6 is 0 Å². The van der Waals surface area contributed by atoms with Crippen LogP contribution < -0.4 is 10.5 Å². The summed E-state index contributed by atoms with van der Waals surface area (Å²) in [5.74, 6) is 0.600. The molecule has 1 atom stereocenters. The molecule has 1 saturated heterocycles. The fourth-order valence-corrected chi connectivity index (χ4v) is 4.07. The van der Waals surface area contributed by atoms with Crippen molar-refractivity contribution in [3.8, 4) is 11.4 Å². The van der Waals surface area contributed by atoms with Crippen molar-refractivity contribution in [2.24, 2.45) is 13.0 Å². The number of Topliss-reactive ketones (excluding diaryl/α,β-unsaturated/α-hetero) is 1. The summed E-state index contributed by atoms with van der Waals surface area (Å²) >= 11 is 0. The number of hydrogen-bond donors (Lipinski definition) is 0. The maximum absolute atomic E-state index is 13.2. The average Bonchev–Trinajstić information content (AvgIpc) is 2.76. The lowest BCUT2D eigenvalue weighted by Crippen LogP contribution is -2.42. The summed E-state index contributed by atoms with van der Waals surface area (Å²) in [6.45, 7) is 5.31. The van der Waals surface area contributed by atoms with E-state index in [9.17, 15) is 9.59 Å². The van der Waals surface area contributed by atoms with Gasteiger partial charge in [0.1, 0.15) is 6.33 Å². The van der Waals surface area contributed by atoms with Crippen molar-refractivity contribution in [1.29, 1.82) is 0 Å². The normalized spacial score (nSPS) is 16.5. The van der Waals surface area contributed by atoms with Gasteiger partial charge in [0.25, 0.3) is 5.56 Å². The van der Waals surface area contributed by atoms with E-state index in [-0.39, 0.29) is 17.3 Å². The van der Waals surface area contributed by atoms with Gasteiger partial charge in [-0.3, -0.25) is 14.2 Å². The standard InChI is InChI=1S/C23H25N5O2/c1-15-6-7-18(16(2)11-15)22(30)17-5-4-10-28(13-17)23-26-20(12-21(29)27(23)3)19-8-9-24-14-25-19/h6-9,11-12,14,17H,4-5,10,13H2,1-3H3. The number of carbonyl (C=O) groups is 1. The van der Waals surface area contributed by atoms with Crippen molar-refractivity contribution < 1.29 is 4.79 Å². The van der Waals surface area contributed by atoms with Gasteiger partial charge < -0.3 is 4.90 Å². The molecular formula is C23H25N5O2. The SMILES string of the molecule is Cc1ccc(C(=O)C2CCCN(c3nc(-c4ccncn4)cc(=O)n3C)C2)c(C)c1. The van der Waals surface area contributed by atoms with Gasteiger partial charge in [-0.25, -0.2) is 15.0 Å². The van der Waals surface area contributed by atoms with Crippen molar-refractivity contribution in [3.05, 3.63) is 69.9 Å². The fraction of sp³-hybridized carbons (Fsp3) is 0.348. The molecule has 0 N–H and O–H groups in total. The second-order valence-corrected chi connectivity index (χ2v) is 7.90. The molecule has 7 heteroatoms. The summed E-state index contributed by atoms with van der Waals surface area (Å²) in [6.07, 6.45) is 4.77. The molecule has 7 nitrogen and oxygen atoms in total. The summed E-state index contributed by atoms with van der Waals surface area (Å²) in [5.41, 5.74) is 3.89. The molecule has 1 unspecified atom stereocenters. The van der Waals surface area contributed by atoms with Gasteiger partial charge in [0.2, 0.25) is 5.95 Å². The van der Waals surface area contributed by atoms with Gasteiger partial charge in [-0.2, -0.15) is 0 Å². The third kappa shape index (κ3) is 3.87. The van der Waals surface area contributed by atoms with Crippen LogP contribution in [-0.4, -0.2) is 38.4 Å². The minimum absolute atomic E-state index is 0.125. The number of anilines is 1. The molecule has 1 aromatic carbocycles. The molecule has 0 bridgehead atoms. The second kappa shape index (κ2) is 8.18. The molecule has 30 heavy (non-hydrogen) atoms. The number of carbonyl (C=O) groups excluding carboxylic acids is 1. The van der Waals surface area contributed by atoms with Crippen molar-refractivity contribution in [2.45, 2.75) is 26.7 Å². The molecular weight excluding hydrogens is 378 g/mol. The van der Waals surface area contributed by atoms with Gasteiger partial charge in [-0.05, 0) is 38.3 Å². The van der Waals surface area contributed by atoms with Crippen molar-refractivity contribution in [1.82, 2.24) is 19.5 Å². The molecule has 0 spiro atoms. The first kappa shape index (κ1) is 19.9. The molecule has 3 heterocycles. The number of hydrogen-bond acceptors (Lipinski definition) is 6. The first-order valence-electron chi connectivity index (χ1n) is 10.1. The van der Waals surface area contributed by atoms with Crippen LogP contribution in [-0.2, 0) is 7.05 Å². The lowest BCUT2D eigenvalue weighted by molar-refractivity contribution is 0.0906. The molecule has 0 saturated carbocycles. The maximum atomic E-state index is 13.2. The molecule has 4 rings (SSSR count). The molecule has 0 aliphatic carbocycles. The summed E-state index contributed by atoms with van der Waals surface area (Å²) < 4.78 is 1.54. The number of aryl methyl sites for hydroxylation is 2. The number of ketones is 1. The summed E-state index contributed by atoms with van der Waals surface area (Å²) in [6, 6.07) is 9.17. The lowest BCUT2D eigenvalue weighted by Gasteiger charge is -2.33. The van der Waals surface area contributed by atoms with E-state index in [2.05, 4.69) is 9.97 Å². The smallest absolute Gasteiger partial charge is 0.255 e. The third-order valence-electron chi connectivity index (χ3n) is 5.68. The number of aromatic nitrogens is 4. The van der Waals surface area contributed by atoms with E-state index in [1.807, 2.05) is 36.9 Å². The predicted octanol–water partition coefficient (Wildman–Crippen LogP) is 2.95. The Kier molecular flexibility index (Phi) is 5.44. The highest BCUT2D eigenvalue weighted by atomic mass is 16.1. The molecule has 154 valence electrons. The first-order chi connectivity index (χ1) is 14.4. The van der Waals surface area contributed by atoms with E-state index in [0.29, 0.717) is 23.9 Å². The quantitative estimate of drug-likeness (QED) is 0.623. The van der Waals surface area contributed by atoms with E-state index in [1.54, 1.807) is 19.3 Å². The van der Waals surface area contributed by atoms with E-state index in [4.69, 9.17) is 4.98 Å². The highest BCUT2D eigenvalue weighted by molar-refractivity contribution is 5.99. The lowest BCUT2D eigenvalue weighted by atomic mass is 9.88. The number of piperidine rings is 1. The van der Waals surface area contributed by atoms with Crippen LogP contribution in [0.2, 0.25) is 0 Å². The van der Waals surface area contributed by atoms with E-state index in [1.165, 1.54) is 17.0 Å². The van der Waals surface area contributed by atoms with E-state index < -0.39 is 0 Å².